The molecule has 0 aromatic carbocycles. The van der Waals surface area contributed by atoms with E-state index in [1.807, 2.05) is 13.8 Å². The van der Waals surface area contributed by atoms with Gasteiger partial charge in [0.05, 0.1) is 6.10 Å². The van der Waals surface area contributed by atoms with Crippen LogP contribution in [0.1, 0.15) is 78.6 Å². The number of unbranched alkanes of at least 4 members (excludes halogenated alkanes) is 5. The van der Waals surface area contributed by atoms with Crippen LogP contribution in [0.15, 0.2) is 0 Å². The molecule has 2 heterocycles. The highest BCUT2D eigenvalue weighted by atomic mass is 16.8. The molecule has 0 bridgehead atoms. The van der Waals surface area contributed by atoms with Crippen molar-refractivity contribution in [3.8, 4) is 0 Å². The van der Waals surface area contributed by atoms with Gasteiger partial charge in [0.15, 0.2) is 5.79 Å². The van der Waals surface area contributed by atoms with E-state index in [0.717, 1.165) is 19.3 Å². The molecule has 0 N–H and O–H groups in total. The number of carbonyl (C=O) groups is 1. The van der Waals surface area contributed by atoms with Crippen LogP contribution >= 0.6 is 0 Å². The second-order valence-corrected chi connectivity index (χ2v) is 6.76. The molecule has 2 aliphatic heterocycles. The fourth-order valence-electron chi connectivity index (χ4n) is 3.31. The van der Waals surface area contributed by atoms with Crippen LogP contribution in [0.2, 0.25) is 0 Å². The summed E-state index contributed by atoms with van der Waals surface area (Å²) in [6.07, 6.45) is 9.75. The first-order valence-electron chi connectivity index (χ1n) is 8.57. The Morgan fingerprint density at radius 1 is 1.10 bits per heavy atom. The minimum Gasteiger partial charge on any atom is -0.459 e. The van der Waals surface area contributed by atoms with Crippen LogP contribution in [0.25, 0.3) is 0 Å². The lowest BCUT2D eigenvalue weighted by atomic mass is 9.99. The normalized spacial score (nSPS) is 31.6. The van der Waals surface area contributed by atoms with E-state index in [0.29, 0.717) is 6.42 Å². The molecule has 0 spiro atoms. The SMILES string of the molecule is CCCCCCCC[C@@H]1OC(C)(C)O[C@@H]1[C@H]1CCC(=O)O1. The van der Waals surface area contributed by atoms with Crippen molar-refractivity contribution >= 4 is 5.97 Å². The molecule has 3 atom stereocenters. The minimum atomic E-state index is -0.563. The van der Waals surface area contributed by atoms with Crippen LogP contribution in [0.5, 0.6) is 0 Å². The van der Waals surface area contributed by atoms with Crippen molar-refractivity contribution in [2.75, 3.05) is 0 Å². The van der Waals surface area contributed by atoms with Crippen LogP contribution in [0.3, 0.4) is 0 Å². The fourth-order valence-corrected chi connectivity index (χ4v) is 3.31. The van der Waals surface area contributed by atoms with Gasteiger partial charge in [-0.2, -0.15) is 0 Å². The standard InChI is InChI=1S/C17H30O4/c1-4-5-6-7-8-9-10-14-16(21-17(2,3)20-14)13-11-12-15(18)19-13/h13-14,16H,4-12H2,1-3H3/t13-,14+,16-/m1/s1. The molecule has 0 aromatic heterocycles. The van der Waals surface area contributed by atoms with E-state index in [4.69, 9.17) is 14.2 Å². The molecule has 0 radical (unpaired) electrons. The Balaban J connectivity index is 1.77. The molecule has 0 aliphatic carbocycles. The van der Waals surface area contributed by atoms with Gasteiger partial charge in [-0.25, -0.2) is 0 Å². The van der Waals surface area contributed by atoms with Gasteiger partial charge in [-0.15, -0.1) is 0 Å². The molecule has 122 valence electrons. The van der Waals surface area contributed by atoms with Gasteiger partial charge in [0.1, 0.15) is 12.2 Å². The lowest BCUT2D eigenvalue weighted by Gasteiger charge is -2.21. The predicted octanol–water partition coefficient (Wildman–Crippen LogP) is 3.96. The third-order valence-corrected chi connectivity index (χ3v) is 4.35. The second-order valence-electron chi connectivity index (χ2n) is 6.76. The minimum absolute atomic E-state index is 0.0575. The summed E-state index contributed by atoms with van der Waals surface area (Å²) < 4.78 is 17.4. The van der Waals surface area contributed by atoms with Gasteiger partial charge in [-0.1, -0.05) is 45.4 Å². The van der Waals surface area contributed by atoms with E-state index < -0.39 is 5.79 Å². The third kappa shape index (κ3) is 4.96. The van der Waals surface area contributed by atoms with E-state index in [-0.39, 0.29) is 24.3 Å². The smallest absolute Gasteiger partial charge is 0.306 e. The van der Waals surface area contributed by atoms with E-state index in [1.54, 1.807) is 0 Å². The summed E-state index contributed by atoms with van der Waals surface area (Å²) in [5.74, 6) is -0.668. The second kappa shape index (κ2) is 7.59. The maximum atomic E-state index is 11.3. The molecule has 21 heavy (non-hydrogen) atoms. The van der Waals surface area contributed by atoms with Gasteiger partial charge in [-0.05, 0) is 26.7 Å². The molecule has 2 rings (SSSR count). The number of cyclic esters (lactones) is 1. The Kier molecular flexibility index (Phi) is 6.06. The first-order valence-corrected chi connectivity index (χ1v) is 8.57. The number of hydrogen-bond donors (Lipinski definition) is 0. The monoisotopic (exact) mass is 298 g/mol. The first kappa shape index (κ1) is 16.8. The Labute approximate surface area is 128 Å². The van der Waals surface area contributed by atoms with Crippen LogP contribution < -0.4 is 0 Å². The van der Waals surface area contributed by atoms with E-state index in [1.165, 1.54) is 32.1 Å². The van der Waals surface area contributed by atoms with Gasteiger partial charge < -0.3 is 14.2 Å². The highest BCUT2D eigenvalue weighted by Gasteiger charge is 2.47. The molecule has 0 amide bonds. The highest BCUT2D eigenvalue weighted by molar-refractivity contribution is 5.71. The molecule has 2 aliphatic rings. The summed E-state index contributed by atoms with van der Waals surface area (Å²) >= 11 is 0. The number of ether oxygens (including phenoxy) is 3. The molecule has 4 nitrogen and oxygen atoms in total. The predicted molar refractivity (Wildman–Crippen MR) is 80.9 cm³/mol. The Morgan fingerprint density at radius 3 is 2.48 bits per heavy atom. The molecule has 0 aromatic rings. The zero-order chi connectivity index (χ0) is 15.3. The van der Waals surface area contributed by atoms with Gasteiger partial charge >= 0.3 is 5.97 Å². The van der Waals surface area contributed by atoms with Crippen molar-refractivity contribution in [2.24, 2.45) is 0 Å². The van der Waals surface area contributed by atoms with Crippen molar-refractivity contribution in [1.82, 2.24) is 0 Å². The number of esters is 1. The van der Waals surface area contributed by atoms with Crippen molar-refractivity contribution < 1.29 is 19.0 Å². The van der Waals surface area contributed by atoms with Crippen molar-refractivity contribution in [3.63, 3.8) is 0 Å². The Hall–Kier alpha value is -0.610. The van der Waals surface area contributed by atoms with Gasteiger partial charge in [0.2, 0.25) is 0 Å². The van der Waals surface area contributed by atoms with Crippen molar-refractivity contribution in [2.45, 2.75) is 103 Å². The fraction of sp³-hybridized carbons (Fsp3) is 0.941. The third-order valence-electron chi connectivity index (χ3n) is 4.35. The van der Waals surface area contributed by atoms with Crippen LogP contribution in [0.4, 0.5) is 0 Å². The summed E-state index contributed by atoms with van der Waals surface area (Å²) in [5, 5.41) is 0. The van der Waals surface area contributed by atoms with E-state index in [2.05, 4.69) is 6.92 Å². The number of rotatable bonds is 8. The number of carbonyl (C=O) groups excluding carboxylic acids is 1. The molecule has 2 fully saturated rings. The zero-order valence-corrected chi connectivity index (χ0v) is 13.7. The largest absolute Gasteiger partial charge is 0.459 e. The van der Waals surface area contributed by atoms with Crippen LogP contribution in [-0.4, -0.2) is 30.1 Å². The molecule has 4 heteroatoms. The quantitative estimate of drug-likeness (QED) is 0.502. The summed E-state index contributed by atoms with van der Waals surface area (Å²) in [4.78, 5) is 11.3. The van der Waals surface area contributed by atoms with Gasteiger partial charge in [-0.3, -0.25) is 4.79 Å². The van der Waals surface area contributed by atoms with E-state index >= 15 is 0 Å². The zero-order valence-electron chi connectivity index (χ0n) is 13.7. The van der Waals surface area contributed by atoms with E-state index in [9.17, 15) is 4.79 Å². The Morgan fingerprint density at radius 2 is 1.81 bits per heavy atom. The topological polar surface area (TPSA) is 44.8 Å². The summed E-state index contributed by atoms with van der Waals surface area (Å²) in [6, 6.07) is 0. The molecular formula is C17H30O4. The average molecular weight is 298 g/mol. The molecular weight excluding hydrogens is 268 g/mol. The Bertz CT molecular complexity index is 340. The molecule has 0 unspecified atom stereocenters. The summed E-state index contributed by atoms with van der Waals surface area (Å²) in [6.45, 7) is 6.12. The summed E-state index contributed by atoms with van der Waals surface area (Å²) in [7, 11) is 0. The lowest BCUT2D eigenvalue weighted by molar-refractivity contribution is -0.163. The van der Waals surface area contributed by atoms with Gasteiger partial charge in [0, 0.05) is 6.42 Å². The van der Waals surface area contributed by atoms with Crippen LogP contribution in [0, 0.1) is 0 Å². The van der Waals surface area contributed by atoms with Gasteiger partial charge in [0.25, 0.3) is 0 Å². The highest BCUT2D eigenvalue weighted by Crippen LogP contribution is 2.36. The molecule has 2 saturated heterocycles. The van der Waals surface area contributed by atoms with Crippen molar-refractivity contribution in [1.29, 1.82) is 0 Å². The lowest BCUT2D eigenvalue weighted by Crippen LogP contribution is -2.35. The average Bonchev–Trinajstić information content (AvgIpc) is 2.97. The maximum absolute atomic E-state index is 11.3. The number of hydrogen-bond acceptors (Lipinski definition) is 4. The van der Waals surface area contributed by atoms with Crippen molar-refractivity contribution in [3.05, 3.63) is 0 Å². The van der Waals surface area contributed by atoms with Crippen LogP contribution in [-0.2, 0) is 19.0 Å². The maximum Gasteiger partial charge on any atom is 0.306 e. The first-order chi connectivity index (χ1) is 10.0. The molecule has 0 saturated carbocycles. The summed E-state index contributed by atoms with van der Waals surface area (Å²) in [5.41, 5.74) is 0.